The van der Waals surface area contributed by atoms with Gasteiger partial charge in [0.1, 0.15) is 23.5 Å². The molecule has 1 amide bonds. The summed E-state index contributed by atoms with van der Waals surface area (Å²) in [7, 11) is 4.90. The van der Waals surface area contributed by atoms with E-state index in [1.165, 1.54) is 4.90 Å². The molecule has 1 N–H and O–H groups in total. The lowest BCUT2D eigenvalue weighted by Crippen LogP contribution is -2.61. The highest BCUT2D eigenvalue weighted by atomic mass is 16.6. The first-order chi connectivity index (χ1) is 31.1. The minimum atomic E-state index is -2.40. The summed E-state index contributed by atoms with van der Waals surface area (Å²) in [6.07, 6.45) is 17.0. The van der Waals surface area contributed by atoms with Gasteiger partial charge in [-0.3, -0.25) is 19.2 Å². The summed E-state index contributed by atoms with van der Waals surface area (Å²) in [5, 5.41) is 12.0. The number of carbonyl (C=O) groups is 5. The molecule has 15 atom stereocenters. The minimum Gasteiger partial charge on any atom is -0.457 e. The number of ether oxygens (including phenoxy) is 5. The number of piperidine rings is 1. The Labute approximate surface area is 396 Å². The topological polar surface area (TPSA) is 155 Å². The highest BCUT2D eigenvalue weighted by molar-refractivity contribution is 6.39. The maximum atomic E-state index is 14.6. The second-order valence-corrected chi connectivity index (χ2v) is 21.0. The molecule has 3 fully saturated rings. The van der Waals surface area contributed by atoms with E-state index >= 15 is 0 Å². The van der Waals surface area contributed by atoms with Crippen molar-refractivity contribution in [2.45, 2.75) is 188 Å². The lowest BCUT2D eigenvalue weighted by molar-refractivity contribution is -0.265. The molecule has 4 rings (SSSR count). The zero-order chi connectivity index (χ0) is 49.1. The average molecular weight is 924 g/mol. The van der Waals surface area contributed by atoms with Gasteiger partial charge in [-0.15, -0.1) is 0 Å². The number of hydrogen-bond acceptors (Lipinski definition) is 11. The number of hydrogen-bond donors (Lipinski definition) is 1. The van der Waals surface area contributed by atoms with Crippen molar-refractivity contribution in [2.75, 3.05) is 27.9 Å². The van der Waals surface area contributed by atoms with E-state index in [0.29, 0.717) is 50.9 Å². The normalized spacial score (nSPS) is 39.8. The van der Waals surface area contributed by atoms with Crippen molar-refractivity contribution in [1.29, 1.82) is 0 Å². The predicted molar refractivity (Wildman–Crippen MR) is 256 cm³/mol. The summed E-state index contributed by atoms with van der Waals surface area (Å²) in [5.41, 5.74) is 0.496. The third-order valence-electron chi connectivity index (χ3n) is 15.8. The van der Waals surface area contributed by atoms with E-state index in [4.69, 9.17) is 23.7 Å². The SMILES string of the molecule is CO[C@H]1CC2CC[C@@H](C)[C@@](O)(O2)C(=O)C(=O)N2CCCCC2C(=O)O[C@](C)([C@H](C)CC2CC[C@@H](C)[C@H](OC)C2)CC(=O)[C@H](C)/C=C(\C)[C@@H](C)[C@@H](OC)C(=O)[C@H](C)C[C@H](C)/C=C/C=CC=C1C. The van der Waals surface area contributed by atoms with Crippen LogP contribution in [0, 0.1) is 47.3 Å². The lowest BCUT2D eigenvalue weighted by atomic mass is 9.72. The van der Waals surface area contributed by atoms with Gasteiger partial charge in [-0.2, -0.15) is 0 Å². The smallest absolute Gasteiger partial charge is 0.329 e. The largest absolute Gasteiger partial charge is 0.457 e. The Hall–Kier alpha value is -3.29. The molecular weight excluding hydrogens is 839 g/mol. The van der Waals surface area contributed by atoms with Crippen LogP contribution >= 0.6 is 0 Å². The van der Waals surface area contributed by atoms with Crippen molar-refractivity contribution in [3.05, 3.63) is 47.6 Å². The third-order valence-corrected chi connectivity index (χ3v) is 15.8. The van der Waals surface area contributed by atoms with E-state index in [9.17, 15) is 29.1 Å². The van der Waals surface area contributed by atoms with Gasteiger partial charge in [-0.25, -0.2) is 4.79 Å². The number of esters is 1. The monoisotopic (exact) mass is 924 g/mol. The number of cyclic esters (lactones) is 1. The number of Topliss-reactive ketones (excluding diaryl/α,β-unsaturated/α-hetero) is 3. The standard InChI is InChI=1S/C54H85NO11/c1-33-19-15-14-16-20-34(2)47(63-12)31-43-25-23-39(7)54(61,65-43)50(58)51(59)55-26-18-17-21-44(55)52(60)66-53(10,40(8)29-42-24-22-35(3)46(30-42)62-11)32-45(56)37(5)28-36(4)41(9)49(64-13)48(57)38(6)27-33/h14-16,19-20,28,33,35,37-44,46-47,49,61H,17-18,21-27,29-32H2,1-13H3/b16-14?,19-15+,34-20?,36-28+/t33-,35-,37-,38-,39-,40-,41-,42?,43?,44?,46-,47+,49-,53+,54-/m1/s1. The van der Waals surface area contributed by atoms with Crippen molar-refractivity contribution in [3.8, 4) is 0 Å². The Bertz CT molecular complexity index is 1800. The summed E-state index contributed by atoms with van der Waals surface area (Å²) in [6.45, 7) is 19.5. The number of fused-ring (bicyclic) bond motifs is 3. The van der Waals surface area contributed by atoms with E-state index < -0.39 is 59.1 Å². The summed E-state index contributed by atoms with van der Waals surface area (Å²) < 4.78 is 30.3. The van der Waals surface area contributed by atoms with Crippen molar-refractivity contribution in [1.82, 2.24) is 4.90 Å². The van der Waals surface area contributed by atoms with Crippen LogP contribution in [0.25, 0.3) is 0 Å². The van der Waals surface area contributed by atoms with Crippen LogP contribution in [0.4, 0.5) is 0 Å². The quantitative estimate of drug-likeness (QED) is 0.154. The summed E-state index contributed by atoms with van der Waals surface area (Å²) in [5.74, 6) is -6.55. The molecular formula is C54H85NO11. The number of nitrogens with zero attached hydrogens (tertiary/aromatic N) is 1. The molecule has 3 unspecified atom stereocenters. The van der Waals surface area contributed by atoms with E-state index in [1.54, 1.807) is 28.3 Å². The highest BCUT2D eigenvalue weighted by Gasteiger charge is 2.53. The highest BCUT2D eigenvalue weighted by Crippen LogP contribution is 2.41. The first-order valence-corrected chi connectivity index (χ1v) is 24.9. The fourth-order valence-electron chi connectivity index (χ4n) is 10.8. The zero-order valence-corrected chi connectivity index (χ0v) is 42.6. The second-order valence-electron chi connectivity index (χ2n) is 21.0. The summed E-state index contributed by atoms with van der Waals surface area (Å²) in [4.78, 5) is 72.9. The van der Waals surface area contributed by atoms with Crippen LogP contribution in [0.3, 0.4) is 0 Å². The molecule has 0 aromatic heterocycles. The molecule has 2 saturated heterocycles. The Morgan fingerprint density at radius 3 is 2.21 bits per heavy atom. The minimum absolute atomic E-state index is 0.00792. The number of amides is 1. The maximum absolute atomic E-state index is 14.6. The molecule has 12 nitrogen and oxygen atoms in total. The van der Waals surface area contributed by atoms with Gasteiger partial charge in [0.15, 0.2) is 5.78 Å². The van der Waals surface area contributed by atoms with Crippen LogP contribution in [0.1, 0.15) is 146 Å². The molecule has 1 saturated carbocycles. The average Bonchev–Trinajstić information content (AvgIpc) is 3.28. The molecule has 3 heterocycles. The second kappa shape index (κ2) is 24.8. The van der Waals surface area contributed by atoms with Crippen molar-refractivity contribution < 1.29 is 52.8 Å². The van der Waals surface area contributed by atoms with E-state index in [0.717, 1.165) is 30.4 Å². The van der Waals surface area contributed by atoms with E-state index in [2.05, 4.69) is 19.9 Å². The first kappa shape index (κ1) is 55.3. The Kier molecular flexibility index (Phi) is 20.8. The van der Waals surface area contributed by atoms with E-state index in [-0.39, 0.29) is 72.8 Å². The van der Waals surface area contributed by atoms with Crippen LogP contribution in [-0.4, -0.2) is 109 Å². The van der Waals surface area contributed by atoms with Crippen LogP contribution < -0.4 is 0 Å². The zero-order valence-electron chi connectivity index (χ0n) is 42.6. The number of rotatable bonds is 6. The van der Waals surface area contributed by atoms with E-state index in [1.807, 2.05) is 78.8 Å². The molecule has 2 bridgehead atoms. The van der Waals surface area contributed by atoms with Crippen LogP contribution in [0.2, 0.25) is 0 Å². The molecule has 12 heteroatoms. The predicted octanol–water partition coefficient (Wildman–Crippen LogP) is 9.12. The Balaban J connectivity index is 1.73. The fraction of sp³-hybridized carbons (Fsp3) is 0.759. The Morgan fingerprint density at radius 2 is 1.55 bits per heavy atom. The molecule has 0 aromatic rings. The number of allylic oxidation sites excluding steroid dienone is 6. The molecule has 66 heavy (non-hydrogen) atoms. The lowest BCUT2D eigenvalue weighted by Gasteiger charge is -2.43. The van der Waals surface area contributed by atoms with Gasteiger partial charge in [0.2, 0.25) is 5.79 Å². The first-order valence-electron chi connectivity index (χ1n) is 24.9. The molecule has 4 aliphatic rings. The van der Waals surface area contributed by atoms with Crippen LogP contribution in [0.5, 0.6) is 0 Å². The molecule has 3 aliphatic heterocycles. The molecule has 0 aromatic carbocycles. The number of methoxy groups -OCH3 is 3. The van der Waals surface area contributed by atoms with Gasteiger partial charge in [0, 0.05) is 64.4 Å². The molecule has 1 aliphatic carbocycles. The summed E-state index contributed by atoms with van der Waals surface area (Å²) >= 11 is 0. The molecule has 0 spiro atoms. The number of ketones is 3. The fourth-order valence-corrected chi connectivity index (χ4v) is 10.8. The third kappa shape index (κ3) is 13.9. The van der Waals surface area contributed by atoms with Crippen LogP contribution in [-0.2, 0) is 47.7 Å². The van der Waals surface area contributed by atoms with Crippen molar-refractivity contribution in [3.63, 3.8) is 0 Å². The molecule has 0 radical (unpaired) electrons. The number of aliphatic hydroxyl groups is 1. The summed E-state index contributed by atoms with van der Waals surface area (Å²) in [6, 6.07) is -1.09. The van der Waals surface area contributed by atoms with Crippen molar-refractivity contribution >= 4 is 29.2 Å². The van der Waals surface area contributed by atoms with Gasteiger partial charge in [-0.05, 0) is 114 Å². The van der Waals surface area contributed by atoms with Gasteiger partial charge in [0.25, 0.3) is 11.7 Å². The maximum Gasteiger partial charge on any atom is 0.329 e. The van der Waals surface area contributed by atoms with Crippen molar-refractivity contribution in [2.24, 2.45) is 47.3 Å². The van der Waals surface area contributed by atoms with Gasteiger partial charge in [-0.1, -0.05) is 90.5 Å². The van der Waals surface area contributed by atoms with Gasteiger partial charge in [0.05, 0.1) is 18.3 Å². The van der Waals surface area contributed by atoms with Gasteiger partial charge >= 0.3 is 5.97 Å². The van der Waals surface area contributed by atoms with Crippen LogP contribution in [0.15, 0.2) is 47.6 Å². The number of carbonyl (C=O) groups excluding carboxylic acids is 5. The Morgan fingerprint density at radius 1 is 0.833 bits per heavy atom. The van der Waals surface area contributed by atoms with Gasteiger partial charge < -0.3 is 33.7 Å². The molecule has 372 valence electrons.